The maximum atomic E-state index is 12.9. The molecule has 1 amide bonds. The van der Waals surface area contributed by atoms with E-state index in [1.807, 2.05) is 0 Å². The van der Waals surface area contributed by atoms with Crippen LogP contribution in [0.4, 0.5) is 15.8 Å². The fourth-order valence-electron chi connectivity index (χ4n) is 1.94. The zero-order valence-electron chi connectivity index (χ0n) is 12.1. The molecule has 3 N–H and O–H groups in total. The van der Waals surface area contributed by atoms with E-state index in [4.69, 9.17) is 5.73 Å². The molecular formula is C16H18FN3O. The molecule has 2 aromatic carbocycles. The molecule has 0 heterocycles. The molecule has 110 valence electrons. The molecule has 0 unspecified atom stereocenters. The summed E-state index contributed by atoms with van der Waals surface area (Å²) in [6, 6.07) is 11.3. The van der Waals surface area contributed by atoms with Gasteiger partial charge in [0.2, 0.25) is 0 Å². The predicted octanol–water partition coefficient (Wildman–Crippen LogP) is 2.72. The standard InChI is InChI=1S/C16H18FN3O/c1-20(2)16(21)14-8-7-13(18)9-15(14)19-10-11-3-5-12(17)6-4-11/h3-9,19H,10,18H2,1-2H3. The van der Waals surface area contributed by atoms with Crippen molar-refractivity contribution in [2.45, 2.75) is 6.54 Å². The molecule has 0 saturated heterocycles. The van der Waals surface area contributed by atoms with Crippen LogP contribution < -0.4 is 11.1 Å². The fourth-order valence-corrected chi connectivity index (χ4v) is 1.94. The summed E-state index contributed by atoms with van der Waals surface area (Å²) < 4.78 is 12.9. The molecule has 0 aliphatic rings. The summed E-state index contributed by atoms with van der Waals surface area (Å²) in [5.41, 5.74) is 8.49. The largest absolute Gasteiger partial charge is 0.399 e. The Kier molecular flexibility index (Phi) is 4.42. The topological polar surface area (TPSA) is 58.4 Å². The highest BCUT2D eigenvalue weighted by molar-refractivity contribution is 5.99. The Morgan fingerprint density at radius 2 is 1.86 bits per heavy atom. The molecule has 21 heavy (non-hydrogen) atoms. The second-order valence-electron chi connectivity index (χ2n) is 4.98. The van der Waals surface area contributed by atoms with Gasteiger partial charge in [-0.05, 0) is 35.9 Å². The van der Waals surface area contributed by atoms with Gasteiger partial charge in [-0.15, -0.1) is 0 Å². The number of carbonyl (C=O) groups excluding carboxylic acids is 1. The molecule has 0 bridgehead atoms. The van der Waals surface area contributed by atoms with Crippen LogP contribution in [-0.4, -0.2) is 24.9 Å². The number of halogens is 1. The fraction of sp³-hybridized carbons (Fsp3) is 0.188. The second-order valence-corrected chi connectivity index (χ2v) is 4.98. The quantitative estimate of drug-likeness (QED) is 0.850. The number of rotatable bonds is 4. The average molecular weight is 287 g/mol. The van der Waals surface area contributed by atoms with E-state index in [-0.39, 0.29) is 11.7 Å². The Hall–Kier alpha value is -2.56. The summed E-state index contributed by atoms with van der Waals surface area (Å²) in [7, 11) is 3.39. The molecular weight excluding hydrogens is 269 g/mol. The van der Waals surface area contributed by atoms with E-state index in [9.17, 15) is 9.18 Å². The Balaban J connectivity index is 2.20. The molecule has 2 aromatic rings. The van der Waals surface area contributed by atoms with Gasteiger partial charge in [0, 0.05) is 32.0 Å². The minimum atomic E-state index is -0.272. The monoisotopic (exact) mass is 287 g/mol. The van der Waals surface area contributed by atoms with E-state index >= 15 is 0 Å². The minimum absolute atomic E-state index is 0.100. The molecule has 0 spiro atoms. The summed E-state index contributed by atoms with van der Waals surface area (Å²) in [4.78, 5) is 13.6. The van der Waals surface area contributed by atoms with Gasteiger partial charge in [0.05, 0.1) is 5.56 Å². The summed E-state index contributed by atoms with van der Waals surface area (Å²) >= 11 is 0. The smallest absolute Gasteiger partial charge is 0.255 e. The Morgan fingerprint density at radius 1 is 1.19 bits per heavy atom. The predicted molar refractivity (Wildman–Crippen MR) is 82.6 cm³/mol. The Labute approximate surface area is 123 Å². The van der Waals surface area contributed by atoms with Crippen molar-refractivity contribution in [2.24, 2.45) is 0 Å². The summed E-state index contributed by atoms with van der Waals surface area (Å²) in [5, 5.41) is 3.18. The highest BCUT2D eigenvalue weighted by Gasteiger charge is 2.13. The van der Waals surface area contributed by atoms with E-state index in [0.717, 1.165) is 5.56 Å². The molecule has 0 aliphatic carbocycles. The lowest BCUT2D eigenvalue weighted by atomic mass is 10.1. The van der Waals surface area contributed by atoms with Crippen molar-refractivity contribution in [3.8, 4) is 0 Å². The van der Waals surface area contributed by atoms with Crippen molar-refractivity contribution >= 4 is 17.3 Å². The van der Waals surface area contributed by atoms with Crippen LogP contribution >= 0.6 is 0 Å². The number of nitrogens with one attached hydrogen (secondary N) is 1. The molecule has 5 heteroatoms. The van der Waals surface area contributed by atoms with Crippen LogP contribution in [0.2, 0.25) is 0 Å². The first-order chi connectivity index (χ1) is 9.97. The average Bonchev–Trinajstić information content (AvgIpc) is 2.46. The van der Waals surface area contributed by atoms with Gasteiger partial charge < -0.3 is 16.0 Å². The van der Waals surface area contributed by atoms with E-state index < -0.39 is 0 Å². The number of nitrogen functional groups attached to an aromatic ring is 1. The molecule has 0 aliphatic heterocycles. The third-order valence-corrected chi connectivity index (χ3v) is 3.08. The lowest BCUT2D eigenvalue weighted by molar-refractivity contribution is 0.0828. The first-order valence-corrected chi connectivity index (χ1v) is 6.57. The number of amides is 1. The maximum absolute atomic E-state index is 12.9. The van der Waals surface area contributed by atoms with Gasteiger partial charge in [0.1, 0.15) is 5.82 Å². The summed E-state index contributed by atoms with van der Waals surface area (Å²) in [6.07, 6.45) is 0. The van der Waals surface area contributed by atoms with Crippen molar-refractivity contribution in [3.63, 3.8) is 0 Å². The van der Waals surface area contributed by atoms with Gasteiger partial charge in [-0.3, -0.25) is 4.79 Å². The highest BCUT2D eigenvalue weighted by atomic mass is 19.1. The molecule has 2 rings (SSSR count). The van der Waals surface area contributed by atoms with Gasteiger partial charge >= 0.3 is 0 Å². The number of hydrogen-bond acceptors (Lipinski definition) is 3. The molecule has 0 aromatic heterocycles. The lowest BCUT2D eigenvalue weighted by Crippen LogP contribution is -2.23. The number of hydrogen-bond donors (Lipinski definition) is 2. The van der Waals surface area contributed by atoms with E-state index in [2.05, 4.69) is 5.32 Å². The van der Waals surface area contributed by atoms with Gasteiger partial charge in [-0.2, -0.15) is 0 Å². The normalized spacial score (nSPS) is 10.2. The number of benzene rings is 2. The van der Waals surface area contributed by atoms with Crippen LogP contribution in [0, 0.1) is 5.82 Å². The van der Waals surface area contributed by atoms with Crippen LogP contribution in [-0.2, 0) is 6.54 Å². The first kappa shape index (κ1) is 14.8. The maximum Gasteiger partial charge on any atom is 0.255 e. The number of nitrogens with zero attached hydrogens (tertiary/aromatic N) is 1. The van der Waals surface area contributed by atoms with E-state index in [1.54, 1.807) is 44.4 Å². The van der Waals surface area contributed by atoms with Crippen LogP contribution in [0.1, 0.15) is 15.9 Å². The first-order valence-electron chi connectivity index (χ1n) is 6.57. The zero-order valence-corrected chi connectivity index (χ0v) is 12.1. The van der Waals surface area contributed by atoms with Crippen molar-refractivity contribution < 1.29 is 9.18 Å². The SMILES string of the molecule is CN(C)C(=O)c1ccc(N)cc1NCc1ccc(F)cc1. The number of nitrogens with two attached hydrogens (primary N) is 1. The third-order valence-electron chi connectivity index (χ3n) is 3.08. The zero-order chi connectivity index (χ0) is 15.4. The molecule has 0 saturated carbocycles. The second kappa shape index (κ2) is 6.26. The number of anilines is 2. The van der Waals surface area contributed by atoms with Crippen molar-refractivity contribution in [3.05, 3.63) is 59.4 Å². The van der Waals surface area contributed by atoms with Crippen molar-refractivity contribution in [1.29, 1.82) is 0 Å². The van der Waals surface area contributed by atoms with Gasteiger partial charge in [-0.25, -0.2) is 4.39 Å². The van der Waals surface area contributed by atoms with Crippen LogP contribution in [0.25, 0.3) is 0 Å². The third kappa shape index (κ3) is 3.72. The summed E-state index contributed by atoms with van der Waals surface area (Å²) in [5.74, 6) is -0.372. The van der Waals surface area contributed by atoms with Crippen LogP contribution in [0.15, 0.2) is 42.5 Å². The van der Waals surface area contributed by atoms with Crippen molar-refractivity contribution in [1.82, 2.24) is 4.90 Å². The van der Waals surface area contributed by atoms with E-state index in [0.29, 0.717) is 23.5 Å². The Morgan fingerprint density at radius 3 is 2.48 bits per heavy atom. The van der Waals surface area contributed by atoms with Crippen LogP contribution in [0.3, 0.4) is 0 Å². The van der Waals surface area contributed by atoms with Gasteiger partial charge in [0.15, 0.2) is 0 Å². The van der Waals surface area contributed by atoms with E-state index in [1.165, 1.54) is 17.0 Å². The molecule has 4 nitrogen and oxygen atoms in total. The van der Waals surface area contributed by atoms with Gasteiger partial charge in [0.25, 0.3) is 5.91 Å². The van der Waals surface area contributed by atoms with Crippen LogP contribution in [0.5, 0.6) is 0 Å². The molecule has 0 atom stereocenters. The number of carbonyl (C=O) groups is 1. The lowest BCUT2D eigenvalue weighted by Gasteiger charge is -2.16. The molecule has 0 fully saturated rings. The van der Waals surface area contributed by atoms with Gasteiger partial charge in [-0.1, -0.05) is 12.1 Å². The minimum Gasteiger partial charge on any atom is -0.399 e. The molecule has 0 radical (unpaired) electrons. The van der Waals surface area contributed by atoms with Crippen molar-refractivity contribution in [2.75, 3.05) is 25.1 Å². The Bertz CT molecular complexity index is 638. The highest BCUT2D eigenvalue weighted by Crippen LogP contribution is 2.21. The summed E-state index contributed by atoms with van der Waals surface area (Å²) in [6.45, 7) is 0.484.